The highest BCUT2D eigenvalue weighted by Crippen LogP contribution is 2.10. The first-order chi connectivity index (χ1) is 11.8. The monoisotopic (exact) mass is 369 g/mol. The summed E-state index contributed by atoms with van der Waals surface area (Å²) in [6.45, 7) is 9.70. The highest BCUT2D eigenvalue weighted by atomic mass is 32.1. The van der Waals surface area contributed by atoms with E-state index in [2.05, 4.69) is 38.2 Å². The van der Waals surface area contributed by atoms with Crippen molar-refractivity contribution in [1.29, 1.82) is 0 Å². The summed E-state index contributed by atoms with van der Waals surface area (Å²) in [6.07, 6.45) is 2.26. The summed E-state index contributed by atoms with van der Waals surface area (Å²) in [6, 6.07) is 0. The third-order valence-corrected chi connectivity index (χ3v) is 4.16. The maximum absolute atomic E-state index is 11.5. The van der Waals surface area contributed by atoms with Crippen LogP contribution in [0.15, 0.2) is 10.4 Å². The number of aromatic nitrogens is 1. The molecule has 0 aliphatic carbocycles. The molecule has 1 heterocycles. The fourth-order valence-electron chi connectivity index (χ4n) is 1.96. The molecule has 0 spiro atoms. The number of carbonyl (C=O) groups is 1. The standard InChI is InChI=1S/C17H31N5O2S/c1-6-14-22-13(12-25-14)8-11-20-15(18-5)19-9-7-10-21-16(23)24-17(2,3)4/h12H,6-11H2,1-5H3,(H,21,23)(H2,18,19,20). The van der Waals surface area contributed by atoms with E-state index in [4.69, 9.17) is 4.74 Å². The number of alkyl carbamates (subject to hydrolysis) is 1. The Labute approximate surface area is 154 Å². The zero-order valence-corrected chi connectivity index (χ0v) is 16.8. The number of thiazole rings is 1. The maximum Gasteiger partial charge on any atom is 0.407 e. The second-order valence-corrected chi connectivity index (χ2v) is 7.49. The van der Waals surface area contributed by atoms with E-state index >= 15 is 0 Å². The Hall–Kier alpha value is -1.83. The molecule has 25 heavy (non-hydrogen) atoms. The number of amides is 1. The van der Waals surface area contributed by atoms with Crippen molar-refractivity contribution in [1.82, 2.24) is 20.9 Å². The molecule has 0 saturated heterocycles. The molecule has 0 unspecified atom stereocenters. The van der Waals surface area contributed by atoms with Gasteiger partial charge in [-0.05, 0) is 33.6 Å². The minimum absolute atomic E-state index is 0.385. The number of hydrogen-bond donors (Lipinski definition) is 3. The normalized spacial score (nSPS) is 12.0. The lowest BCUT2D eigenvalue weighted by Crippen LogP contribution is -2.40. The Morgan fingerprint density at radius 3 is 2.52 bits per heavy atom. The van der Waals surface area contributed by atoms with E-state index in [1.165, 1.54) is 5.01 Å². The summed E-state index contributed by atoms with van der Waals surface area (Å²) in [5, 5.41) is 12.5. The fourth-order valence-corrected chi connectivity index (χ4v) is 2.73. The van der Waals surface area contributed by atoms with Gasteiger partial charge in [0.25, 0.3) is 0 Å². The first-order valence-electron chi connectivity index (χ1n) is 8.68. The van der Waals surface area contributed by atoms with Gasteiger partial charge in [-0.1, -0.05) is 6.92 Å². The van der Waals surface area contributed by atoms with E-state index in [1.54, 1.807) is 18.4 Å². The van der Waals surface area contributed by atoms with Crippen LogP contribution in [0.3, 0.4) is 0 Å². The second kappa shape index (κ2) is 10.9. The summed E-state index contributed by atoms with van der Waals surface area (Å²) in [4.78, 5) is 20.2. The van der Waals surface area contributed by atoms with E-state index in [0.717, 1.165) is 37.5 Å². The predicted molar refractivity (Wildman–Crippen MR) is 103 cm³/mol. The van der Waals surface area contributed by atoms with Crippen LogP contribution >= 0.6 is 11.3 Å². The Kier molecular flexibility index (Phi) is 9.26. The van der Waals surface area contributed by atoms with E-state index < -0.39 is 5.60 Å². The molecule has 0 saturated carbocycles. The second-order valence-electron chi connectivity index (χ2n) is 6.54. The predicted octanol–water partition coefficient (Wildman–Crippen LogP) is 2.33. The van der Waals surface area contributed by atoms with Crippen molar-refractivity contribution < 1.29 is 9.53 Å². The number of nitrogens with one attached hydrogen (secondary N) is 3. The van der Waals surface area contributed by atoms with Gasteiger partial charge < -0.3 is 20.7 Å². The van der Waals surface area contributed by atoms with Crippen LogP contribution in [0.5, 0.6) is 0 Å². The summed E-state index contributed by atoms with van der Waals surface area (Å²) in [7, 11) is 1.74. The van der Waals surface area contributed by atoms with Crippen LogP contribution in [0.1, 0.15) is 44.8 Å². The molecule has 1 amide bonds. The highest BCUT2D eigenvalue weighted by molar-refractivity contribution is 7.09. The summed E-state index contributed by atoms with van der Waals surface area (Å²) >= 11 is 1.71. The van der Waals surface area contributed by atoms with Gasteiger partial charge in [-0.15, -0.1) is 11.3 Å². The van der Waals surface area contributed by atoms with Crippen molar-refractivity contribution in [2.24, 2.45) is 4.99 Å². The molecule has 0 atom stereocenters. The van der Waals surface area contributed by atoms with Gasteiger partial charge in [0.2, 0.25) is 0 Å². The van der Waals surface area contributed by atoms with Gasteiger partial charge in [-0.25, -0.2) is 9.78 Å². The molecule has 1 aromatic rings. The average molecular weight is 370 g/mol. The number of carbonyl (C=O) groups excluding carboxylic acids is 1. The van der Waals surface area contributed by atoms with E-state index in [-0.39, 0.29) is 6.09 Å². The van der Waals surface area contributed by atoms with Crippen LogP contribution in [0.25, 0.3) is 0 Å². The van der Waals surface area contributed by atoms with Crippen LogP contribution in [0, 0.1) is 0 Å². The van der Waals surface area contributed by atoms with Crippen molar-refractivity contribution in [2.75, 3.05) is 26.7 Å². The Bertz CT molecular complexity index is 551. The summed E-state index contributed by atoms with van der Waals surface area (Å²) in [5.74, 6) is 0.753. The van der Waals surface area contributed by atoms with Gasteiger partial charge >= 0.3 is 6.09 Å². The molecule has 1 aromatic heterocycles. The largest absolute Gasteiger partial charge is 0.444 e. The summed E-state index contributed by atoms with van der Waals surface area (Å²) < 4.78 is 5.18. The molecule has 7 nitrogen and oxygen atoms in total. The molecule has 0 aliphatic heterocycles. The van der Waals surface area contributed by atoms with E-state index in [1.807, 2.05) is 20.8 Å². The molecule has 0 bridgehead atoms. The SMILES string of the molecule is CCc1nc(CCNC(=NC)NCCCNC(=O)OC(C)(C)C)cs1. The van der Waals surface area contributed by atoms with Crippen LogP contribution in [0.4, 0.5) is 4.79 Å². The zero-order valence-electron chi connectivity index (χ0n) is 15.9. The molecule has 0 aliphatic rings. The smallest absolute Gasteiger partial charge is 0.407 e. The van der Waals surface area contributed by atoms with Crippen molar-refractivity contribution >= 4 is 23.4 Å². The molecule has 8 heteroatoms. The Balaban J connectivity index is 2.12. The maximum atomic E-state index is 11.5. The van der Waals surface area contributed by atoms with Gasteiger partial charge in [-0.2, -0.15) is 0 Å². The molecule has 142 valence electrons. The number of rotatable bonds is 8. The van der Waals surface area contributed by atoms with Gasteiger partial charge in [0.15, 0.2) is 5.96 Å². The summed E-state index contributed by atoms with van der Waals surface area (Å²) in [5.41, 5.74) is 0.648. The molecule has 0 aromatic carbocycles. The molecule has 0 radical (unpaired) electrons. The average Bonchev–Trinajstić information content (AvgIpc) is 2.99. The third-order valence-electron chi connectivity index (χ3n) is 3.11. The van der Waals surface area contributed by atoms with Gasteiger partial charge in [0.1, 0.15) is 5.60 Å². The van der Waals surface area contributed by atoms with Gasteiger partial charge in [0, 0.05) is 38.5 Å². The fraction of sp³-hybridized carbons (Fsp3) is 0.706. The lowest BCUT2D eigenvalue weighted by atomic mass is 10.2. The van der Waals surface area contributed by atoms with E-state index in [9.17, 15) is 4.79 Å². The lowest BCUT2D eigenvalue weighted by Gasteiger charge is -2.19. The minimum atomic E-state index is -0.469. The number of hydrogen-bond acceptors (Lipinski definition) is 5. The highest BCUT2D eigenvalue weighted by Gasteiger charge is 2.15. The number of ether oxygens (including phenoxy) is 1. The minimum Gasteiger partial charge on any atom is -0.444 e. The van der Waals surface area contributed by atoms with E-state index in [0.29, 0.717) is 13.1 Å². The number of guanidine groups is 1. The van der Waals surface area contributed by atoms with Crippen LogP contribution in [-0.2, 0) is 17.6 Å². The molecule has 3 N–H and O–H groups in total. The molecule has 1 rings (SSSR count). The lowest BCUT2D eigenvalue weighted by molar-refractivity contribution is 0.0527. The van der Waals surface area contributed by atoms with Crippen molar-refractivity contribution in [3.05, 3.63) is 16.1 Å². The van der Waals surface area contributed by atoms with Crippen molar-refractivity contribution in [2.45, 2.75) is 52.6 Å². The third kappa shape index (κ3) is 9.91. The first kappa shape index (κ1) is 21.2. The van der Waals surface area contributed by atoms with Gasteiger partial charge in [0.05, 0.1) is 10.7 Å². The molecule has 0 fully saturated rings. The number of aliphatic imine (C=N–C) groups is 1. The van der Waals surface area contributed by atoms with Crippen molar-refractivity contribution in [3.8, 4) is 0 Å². The van der Waals surface area contributed by atoms with Gasteiger partial charge in [-0.3, -0.25) is 4.99 Å². The zero-order chi connectivity index (χ0) is 18.7. The Morgan fingerprint density at radius 2 is 1.92 bits per heavy atom. The molecular weight excluding hydrogens is 338 g/mol. The van der Waals surface area contributed by atoms with Crippen molar-refractivity contribution in [3.63, 3.8) is 0 Å². The number of aryl methyl sites for hydroxylation is 1. The van der Waals surface area contributed by atoms with Crippen LogP contribution in [0.2, 0.25) is 0 Å². The Morgan fingerprint density at radius 1 is 1.24 bits per heavy atom. The van der Waals surface area contributed by atoms with Crippen LogP contribution < -0.4 is 16.0 Å². The van der Waals surface area contributed by atoms with Crippen LogP contribution in [-0.4, -0.2) is 49.3 Å². The number of nitrogens with zero attached hydrogens (tertiary/aromatic N) is 2. The quantitative estimate of drug-likeness (QED) is 0.372. The molecular formula is C17H31N5O2S. The first-order valence-corrected chi connectivity index (χ1v) is 9.56. The topological polar surface area (TPSA) is 87.6 Å².